The van der Waals surface area contributed by atoms with Gasteiger partial charge in [0, 0.05) is 17.9 Å². The summed E-state index contributed by atoms with van der Waals surface area (Å²) in [6, 6.07) is 12.0. The smallest absolute Gasteiger partial charge is 0.272 e. The number of H-pyrrole nitrogens is 1. The molecule has 0 unspecified atom stereocenters. The Kier molecular flexibility index (Phi) is 4.18. The van der Waals surface area contributed by atoms with Crippen LogP contribution in [-0.2, 0) is 13.1 Å². The van der Waals surface area contributed by atoms with Gasteiger partial charge in [-0.1, -0.05) is 18.2 Å². The number of aromatic nitrogens is 5. The zero-order valence-corrected chi connectivity index (χ0v) is 14.3. The van der Waals surface area contributed by atoms with E-state index in [9.17, 15) is 4.79 Å². The van der Waals surface area contributed by atoms with Crippen molar-refractivity contribution in [3.63, 3.8) is 0 Å². The number of hydrogen-bond acceptors (Lipinski definition) is 4. The molecule has 0 saturated carbocycles. The lowest BCUT2D eigenvalue weighted by Crippen LogP contribution is -2.23. The molecule has 7 heteroatoms. The summed E-state index contributed by atoms with van der Waals surface area (Å²) < 4.78 is 2.12. The van der Waals surface area contributed by atoms with E-state index in [1.165, 1.54) is 5.39 Å². The summed E-state index contributed by atoms with van der Waals surface area (Å²) in [6.45, 7) is 2.81. The molecule has 0 aliphatic carbocycles. The molecular weight excluding hydrogens is 328 g/mol. The van der Waals surface area contributed by atoms with E-state index in [0.717, 1.165) is 16.9 Å². The van der Waals surface area contributed by atoms with Crippen LogP contribution in [0.1, 0.15) is 27.6 Å². The summed E-state index contributed by atoms with van der Waals surface area (Å²) in [5.74, 6) is -0.243. The van der Waals surface area contributed by atoms with E-state index in [0.29, 0.717) is 24.5 Å². The number of carbonyl (C=O) groups is 1. The zero-order valence-electron chi connectivity index (χ0n) is 14.3. The molecule has 4 rings (SSSR count). The van der Waals surface area contributed by atoms with Crippen LogP contribution < -0.4 is 5.32 Å². The highest BCUT2D eigenvalue weighted by atomic mass is 16.1. The van der Waals surface area contributed by atoms with Gasteiger partial charge in [0.05, 0.1) is 36.4 Å². The zero-order chi connectivity index (χ0) is 17.9. The molecular formula is C19H18N6O. The van der Waals surface area contributed by atoms with Crippen molar-refractivity contribution in [1.29, 1.82) is 0 Å². The Hall–Kier alpha value is -3.48. The van der Waals surface area contributed by atoms with Gasteiger partial charge >= 0.3 is 0 Å². The van der Waals surface area contributed by atoms with Crippen LogP contribution in [0.2, 0.25) is 0 Å². The molecule has 0 radical (unpaired) electrons. The third-order valence-electron chi connectivity index (χ3n) is 4.15. The summed E-state index contributed by atoms with van der Waals surface area (Å²) in [5.41, 5.74) is 3.92. The Morgan fingerprint density at radius 1 is 1.19 bits per heavy atom. The number of para-hydroxylation sites is 1. The average molecular weight is 346 g/mol. The highest BCUT2D eigenvalue weighted by Crippen LogP contribution is 2.16. The highest BCUT2D eigenvalue weighted by molar-refractivity contribution is 5.92. The summed E-state index contributed by atoms with van der Waals surface area (Å²) in [5, 5.41) is 11.0. The first-order chi connectivity index (χ1) is 12.7. The van der Waals surface area contributed by atoms with Gasteiger partial charge in [-0.3, -0.25) is 19.9 Å². The number of benzene rings is 1. The minimum absolute atomic E-state index is 0.243. The molecule has 7 nitrogen and oxygen atoms in total. The van der Waals surface area contributed by atoms with E-state index in [1.807, 2.05) is 25.3 Å². The number of amides is 1. The monoisotopic (exact) mass is 346 g/mol. The lowest BCUT2D eigenvalue weighted by Gasteiger charge is -2.03. The summed E-state index contributed by atoms with van der Waals surface area (Å²) in [4.78, 5) is 20.6. The highest BCUT2D eigenvalue weighted by Gasteiger charge is 2.11. The first kappa shape index (κ1) is 16.0. The molecule has 0 aliphatic rings. The molecule has 1 aromatic carbocycles. The average Bonchev–Trinajstić information content (AvgIpc) is 3.29. The molecule has 0 spiro atoms. The molecule has 130 valence electrons. The molecule has 0 atom stereocenters. The van der Waals surface area contributed by atoms with E-state index >= 15 is 0 Å². The standard InChI is InChI=1S/C19H18N6O/c1-13-9-21-16(10-20-13)11-22-19(26)17-8-15(23-24-17)12-25-7-6-14-4-2-3-5-18(14)25/h2-10H,11-12H2,1H3,(H,22,26)(H,23,24). The second kappa shape index (κ2) is 6.79. The number of fused-ring (bicyclic) bond motifs is 1. The van der Waals surface area contributed by atoms with Crippen LogP contribution in [0.4, 0.5) is 0 Å². The molecule has 26 heavy (non-hydrogen) atoms. The number of carbonyl (C=O) groups excluding carboxylic acids is 1. The molecule has 0 saturated heterocycles. The Bertz CT molecular complexity index is 1050. The van der Waals surface area contributed by atoms with Crippen molar-refractivity contribution in [2.45, 2.75) is 20.0 Å². The molecule has 1 amide bonds. The van der Waals surface area contributed by atoms with Crippen molar-refractivity contribution in [3.8, 4) is 0 Å². The van der Waals surface area contributed by atoms with Gasteiger partial charge in [0.1, 0.15) is 5.69 Å². The van der Waals surface area contributed by atoms with E-state index < -0.39 is 0 Å². The maximum absolute atomic E-state index is 12.3. The number of nitrogens with one attached hydrogen (secondary N) is 2. The second-order valence-corrected chi connectivity index (χ2v) is 6.11. The third-order valence-corrected chi connectivity index (χ3v) is 4.15. The van der Waals surface area contributed by atoms with E-state index in [4.69, 9.17) is 0 Å². The Labute approximate surface area is 150 Å². The summed E-state index contributed by atoms with van der Waals surface area (Å²) >= 11 is 0. The van der Waals surface area contributed by atoms with E-state index in [2.05, 4.69) is 48.2 Å². The van der Waals surface area contributed by atoms with Crippen LogP contribution in [0.5, 0.6) is 0 Å². The number of aryl methyl sites for hydroxylation is 1. The number of aromatic amines is 1. The van der Waals surface area contributed by atoms with Gasteiger partial charge in [0.2, 0.25) is 0 Å². The first-order valence-electron chi connectivity index (χ1n) is 8.33. The maximum Gasteiger partial charge on any atom is 0.272 e. The molecule has 0 fully saturated rings. The van der Waals surface area contributed by atoms with E-state index in [1.54, 1.807) is 18.5 Å². The van der Waals surface area contributed by atoms with Crippen LogP contribution in [0.3, 0.4) is 0 Å². The normalized spacial score (nSPS) is 11.0. The van der Waals surface area contributed by atoms with Crippen LogP contribution in [0.25, 0.3) is 10.9 Å². The largest absolute Gasteiger partial charge is 0.345 e. The van der Waals surface area contributed by atoms with Crippen molar-refractivity contribution < 1.29 is 4.79 Å². The fourth-order valence-corrected chi connectivity index (χ4v) is 2.79. The molecule has 0 bridgehead atoms. The maximum atomic E-state index is 12.3. The first-order valence-corrected chi connectivity index (χ1v) is 8.33. The summed E-state index contributed by atoms with van der Waals surface area (Å²) in [6.07, 6.45) is 5.36. The van der Waals surface area contributed by atoms with Crippen molar-refractivity contribution >= 4 is 16.8 Å². The third kappa shape index (κ3) is 3.32. The minimum Gasteiger partial charge on any atom is -0.345 e. The van der Waals surface area contributed by atoms with Gasteiger partial charge in [0.25, 0.3) is 5.91 Å². The van der Waals surface area contributed by atoms with Crippen molar-refractivity contribution in [3.05, 3.63) is 77.8 Å². The van der Waals surface area contributed by atoms with Crippen LogP contribution in [-0.4, -0.2) is 30.6 Å². The molecule has 3 aromatic heterocycles. The molecule has 4 aromatic rings. The SMILES string of the molecule is Cc1cnc(CNC(=O)c2cc(Cn3ccc4ccccc43)[nH]n2)cn1. The predicted octanol–water partition coefficient (Wildman–Crippen LogP) is 2.44. The lowest BCUT2D eigenvalue weighted by molar-refractivity contribution is 0.0945. The summed E-state index contributed by atoms with van der Waals surface area (Å²) in [7, 11) is 0. The number of rotatable bonds is 5. The van der Waals surface area contributed by atoms with Gasteiger partial charge in [-0.05, 0) is 30.5 Å². The quantitative estimate of drug-likeness (QED) is 0.581. The number of nitrogens with zero attached hydrogens (tertiary/aromatic N) is 4. The fourth-order valence-electron chi connectivity index (χ4n) is 2.79. The Morgan fingerprint density at radius 3 is 2.92 bits per heavy atom. The molecule has 2 N–H and O–H groups in total. The predicted molar refractivity (Wildman–Crippen MR) is 97.6 cm³/mol. The fraction of sp³-hybridized carbons (Fsp3) is 0.158. The lowest BCUT2D eigenvalue weighted by atomic mass is 10.2. The van der Waals surface area contributed by atoms with Crippen molar-refractivity contribution in [2.24, 2.45) is 0 Å². The molecule has 0 aliphatic heterocycles. The van der Waals surface area contributed by atoms with Gasteiger partial charge in [-0.15, -0.1) is 0 Å². The minimum atomic E-state index is -0.243. The van der Waals surface area contributed by atoms with Crippen LogP contribution in [0, 0.1) is 6.92 Å². The van der Waals surface area contributed by atoms with Gasteiger partial charge in [0.15, 0.2) is 0 Å². The van der Waals surface area contributed by atoms with E-state index in [-0.39, 0.29) is 5.91 Å². The van der Waals surface area contributed by atoms with Crippen LogP contribution >= 0.6 is 0 Å². The van der Waals surface area contributed by atoms with Gasteiger partial charge in [-0.25, -0.2) is 0 Å². The Morgan fingerprint density at radius 2 is 2.08 bits per heavy atom. The van der Waals surface area contributed by atoms with Crippen molar-refractivity contribution in [1.82, 2.24) is 30.0 Å². The van der Waals surface area contributed by atoms with Gasteiger partial charge < -0.3 is 9.88 Å². The van der Waals surface area contributed by atoms with Crippen molar-refractivity contribution in [2.75, 3.05) is 0 Å². The number of hydrogen-bond donors (Lipinski definition) is 2. The second-order valence-electron chi connectivity index (χ2n) is 6.11. The Balaban J connectivity index is 1.42. The van der Waals surface area contributed by atoms with Crippen LogP contribution in [0.15, 0.2) is 55.0 Å². The topological polar surface area (TPSA) is 88.5 Å². The molecule has 3 heterocycles. The van der Waals surface area contributed by atoms with Gasteiger partial charge in [-0.2, -0.15) is 5.10 Å².